The van der Waals surface area contributed by atoms with Gasteiger partial charge in [0.15, 0.2) is 16.1 Å². The van der Waals surface area contributed by atoms with E-state index in [1.807, 2.05) is 0 Å². The molecule has 0 bridgehead atoms. The highest BCUT2D eigenvalue weighted by Crippen LogP contribution is 2.21. The molecule has 1 saturated heterocycles. The number of hydrogen-bond donors (Lipinski definition) is 1. The van der Waals surface area contributed by atoms with Gasteiger partial charge in [0.2, 0.25) is 0 Å². The molecule has 0 saturated carbocycles. The highest BCUT2D eigenvalue weighted by molar-refractivity contribution is 7.92. The molecule has 1 rings (SSSR count). The summed E-state index contributed by atoms with van der Waals surface area (Å²) >= 11 is 0. The van der Waals surface area contributed by atoms with Crippen molar-refractivity contribution in [2.45, 2.75) is 50.6 Å². The van der Waals surface area contributed by atoms with E-state index in [1.165, 1.54) is 6.92 Å². The van der Waals surface area contributed by atoms with Crippen molar-refractivity contribution in [2.75, 3.05) is 12.9 Å². The van der Waals surface area contributed by atoms with Gasteiger partial charge in [0, 0.05) is 19.3 Å². The predicted octanol–water partition coefficient (Wildman–Crippen LogP) is 0.774. The van der Waals surface area contributed by atoms with E-state index in [-0.39, 0.29) is 6.42 Å². The number of rotatable bonds is 5. The highest BCUT2D eigenvalue weighted by Gasteiger charge is 2.42. The Morgan fingerprint density at radius 1 is 1.50 bits per heavy atom. The quantitative estimate of drug-likeness (QED) is 0.752. The van der Waals surface area contributed by atoms with Crippen LogP contribution in [0, 0.1) is 0 Å². The lowest BCUT2D eigenvalue weighted by Gasteiger charge is -2.27. The average Bonchev–Trinajstić information content (AvgIpc) is 2.34. The molecular weight excluding hydrogens is 258 g/mol. The number of nitrogens with one attached hydrogen (secondary N) is 1. The molecule has 1 amide bonds. The molecule has 1 aliphatic rings. The molecule has 6 nitrogen and oxygen atoms in total. The molecular formula is C11H21NO5S. The fourth-order valence-corrected chi connectivity index (χ4v) is 2.53. The zero-order valence-electron chi connectivity index (χ0n) is 11.1. The molecule has 1 N–H and O–H groups in total. The van der Waals surface area contributed by atoms with E-state index in [4.69, 9.17) is 9.57 Å². The molecule has 1 heterocycles. The SMILES string of the molecule is CC[C@](C)(C(=O)NOC1CCCCO1)S(C)(=O)=O. The third-order valence-electron chi connectivity index (χ3n) is 3.39. The first-order chi connectivity index (χ1) is 8.31. The molecule has 0 aromatic rings. The first kappa shape index (κ1) is 15.4. The summed E-state index contributed by atoms with van der Waals surface area (Å²) in [4.78, 5) is 17.0. The molecule has 0 spiro atoms. The van der Waals surface area contributed by atoms with Crippen LogP contribution < -0.4 is 5.48 Å². The maximum absolute atomic E-state index is 11.9. The van der Waals surface area contributed by atoms with Gasteiger partial charge in [-0.3, -0.25) is 4.79 Å². The molecule has 7 heteroatoms. The topological polar surface area (TPSA) is 81.7 Å². The lowest BCUT2D eigenvalue weighted by molar-refractivity contribution is -0.201. The fourth-order valence-electron chi connectivity index (χ4n) is 1.62. The molecule has 18 heavy (non-hydrogen) atoms. The molecule has 0 aliphatic carbocycles. The van der Waals surface area contributed by atoms with E-state index < -0.39 is 26.8 Å². The van der Waals surface area contributed by atoms with Gasteiger partial charge < -0.3 is 4.74 Å². The smallest absolute Gasteiger partial charge is 0.264 e. The number of ether oxygens (including phenoxy) is 1. The minimum atomic E-state index is -3.50. The second-order valence-electron chi connectivity index (χ2n) is 4.70. The molecule has 0 aromatic heterocycles. The van der Waals surface area contributed by atoms with Gasteiger partial charge in [-0.15, -0.1) is 0 Å². The van der Waals surface area contributed by atoms with E-state index in [2.05, 4.69) is 5.48 Å². The first-order valence-electron chi connectivity index (χ1n) is 6.08. The predicted molar refractivity (Wildman–Crippen MR) is 66.4 cm³/mol. The molecule has 0 aromatic carbocycles. The monoisotopic (exact) mass is 279 g/mol. The average molecular weight is 279 g/mol. The normalized spacial score (nSPS) is 24.3. The summed E-state index contributed by atoms with van der Waals surface area (Å²) < 4.78 is 27.1. The van der Waals surface area contributed by atoms with Crippen LogP contribution in [0.2, 0.25) is 0 Å². The fraction of sp³-hybridized carbons (Fsp3) is 0.909. The summed E-state index contributed by atoms with van der Waals surface area (Å²) in [6.45, 7) is 3.64. The number of sulfone groups is 1. The van der Waals surface area contributed by atoms with Crippen LogP contribution in [0.5, 0.6) is 0 Å². The Hall–Kier alpha value is -0.660. The van der Waals surface area contributed by atoms with Crippen LogP contribution in [0.15, 0.2) is 0 Å². The van der Waals surface area contributed by atoms with Crippen LogP contribution >= 0.6 is 0 Å². The third kappa shape index (κ3) is 3.43. The standard InChI is InChI=1S/C11H21NO5S/c1-4-11(2,18(3,14)15)10(13)12-17-9-7-5-6-8-16-9/h9H,4-8H2,1-3H3,(H,12,13)/t9?,11-/m1/s1. The van der Waals surface area contributed by atoms with Gasteiger partial charge in [0.05, 0.1) is 0 Å². The van der Waals surface area contributed by atoms with Gasteiger partial charge in [-0.1, -0.05) is 6.92 Å². The number of carbonyl (C=O) groups is 1. The zero-order chi connectivity index (χ0) is 13.8. The van der Waals surface area contributed by atoms with Gasteiger partial charge in [-0.25, -0.2) is 18.7 Å². The van der Waals surface area contributed by atoms with Crippen LogP contribution in [0.25, 0.3) is 0 Å². The Labute approximate surface area is 108 Å². The second kappa shape index (κ2) is 5.99. The van der Waals surface area contributed by atoms with Crippen molar-refractivity contribution in [1.29, 1.82) is 0 Å². The van der Waals surface area contributed by atoms with Crippen molar-refractivity contribution in [3.8, 4) is 0 Å². The second-order valence-corrected chi connectivity index (χ2v) is 7.15. The number of hydroxylamine groups is 1. The van der Waals surface area contributed by atoms with E-state index in [0.717, 1.165) is 19.1 Å². The molecule has 0 radical (unpaired) electrons. The van der Waals surface area contributed by atoms with Gasteiger partial charge in [-0.05, 0) is 26.2 Å². The Morgan fingerprint density at radius 3 is 2.61 bits per heavy atom. The van der Waals surface area contributed by atoms with Crippen molar-refractivity contribution in [3.05, 3.63) is 0 Å². The summed E-state index contributed by atoms with van der Waals surface area (Å²) in [5, 5.41) is 0. The first-order valence-corrected chi connectivity index (χ1v) is 7.97. The van der Waals surface area contributed by atoms with Gasteiger partial charge in [0.1, 0.15) is 4.75 Å². The largest absolute Gasteiger partial charge is 0.350 e. The van der Waals surface area contributed by atoms with Crippen molar-refractivity contribution in [3.63, 3.8) is 0 Å². The molecule has 1 unspecified atom stereocenters. The summed E-state index contributed by atoms with van der Waals surface area (Å²) in [5.74, 6) is -0.651. The van der Waals surface area contributed by atoms with Crippen molar-refractivity contribution >= 4 is 15.7 Å². The minimum absolute atomic E-state index is 0.187. The van der Waals surface area contributed by atoms with E-state index in [1.54, 1.807) is 6.92 Å². The van der Waals surface area contributed by atoms with E-state index in [9.17, 15) is 13.2 Å². The van der Waals surface area contributed by atoms with Gasteiger partial charge in [-0.2, -0.15) is 0 Å². The van der Waals surface area contributed by atoms with Crippen LogP contribution in [-0.4, -0.2) is 38.2 Å². The summed E-state index contributed by atoms with van der Waals surface area (Å²) in [7, 11) is -3.50. The van der Waals surface area contributed by atoms with E-state index in [0.29, 0.717) is 13.0 Å². The Bertz CT molecular complexity index is 388. The Balaban J connectivity index is 2.58. The summed E-state index contributed by atoms with van der Waals surface area (Å²) in [5.41, 5.74) is 2.21. The molecule has 106 valence electrons. The van der Waals surface area contributed by atoms with Gasteiger partial charge in [0.25, 0.3) is 5.91 Å². The number of carbonyl (C=O) groups excluding carboxylic acids is 1. The number of hydrogen-bond acceptors (Lipinski definition) is 5. The Kier molecular flexibility index (Phi) is 5.12. The van der Waals surface area contributed by atoms with Crippen LogP contribution in [0.3, 0.4) is 0 Å². The zero-order valence-corrected chi connectivity index (χ0v) is 11.9. The lowest BCUT2D eigenvalue weighted by Crippen LogP contribution is -2.50. The van der Waals surface area contributed by atoms with Crippen LogP contribution in [0.1, 0.15) is 39.5 Å². The van der Waals surface area contributed by atoms with Crippen LogP contribution in [-0.2, 0) is 24.2 Å². The third-order valence-corrected chi connectivity index (χ3v) is 5.51. The van der Waals surface area contributed by atoms with Crippen LogP contribution in [0.4, 0.5) is 0 Å². The molecule has 1 aliphatic heterocycles. The molecule has 1 fully saturated rings. The number of amides is 1. The highest BCUT2D eigenvalue weighted by atomic mass is 32.2. The Morgan fingerprint density at radius 2 is 2.17 bits per heavy atom. The maximum Gasteiger partial charge on any atom is 0.264 e. The van der Waals surface area contributed by atoms with Gasteiger partial charge >= 0.3 is 0 Å². The minimum Gasteiger partial charge on any atom is -0.350 e. The lowest BCUT2D eigenvalue weighted by atomic mass is 10.1. The van der Waals surface area contributed by atoms with Crippen molar-refractivity contribution < 1.29 is 22.8 Å². The van der Waals surface area contributed by atoms with E-state index >= 15 is 0 Å². The molecule has 2 atom stereocenters. The van der Waals surface area contributed by atoms with Crippen molar-refractivity contribution in [1.82, 2.24) is 5.48 Å². The van der Waals surface area contributed by atoms with Crippen molar-refractivity contribution in [2.24, 2.45) is 0 Å². The summed E-state index contributed by atoms with van der Waals surface area (Å²) in [6.07, 6.45) is 3.40. The maximum atomic E-state index is 11.9. The summed E-state index contributed by atoms with van der Waals surface area (Å²) in [6, 6.07) is 0.